The number of aromatic nitrogens is 1. The van der Waals surface area contributed by atoms with Gasteiger partial charge in [-0.15, -0.1) is 11.8 Å². The highest BCUT2D eigenvalue weighted by Crippen LogP contribution is 2.18. The van der Waals surface area contributed by atoms with Crippen LogP contribution in [0.15, 0.2) is 18.3 Å². The Hall–Kier alpha value is -1.23. The number of nitrogens with two attached hydrogens (primary N) is 1. The number of carbonyl (C=O) groups is 1. The lowest BCUT2D eigenvalue weighted by Gasteiger charge is -2.23. The monoisotopic (exact) mass is 239 g/mol. The summed E-state index contributed by atoms with van der Waals surface area (Å²) >= 11 is 1.70. The molecule has 1 rings (SSSR count). The van der Waals surface area contributed by atoms with Gasteiger partial charge in [0.25, 0.3) is 5.91 Å². The first kappa shape index (κ1) is 12.8. The molecule has 16 heavy (non-hydrogen) atoms. The number of rotatable bonds is 6. The van der Waals surface area contributed by atoms with Gasteiger partial charge in [-0.05, 0) is 24.8 Å². The van der Waals surface area contributed by atoms with E-state index < -0.39 is 5.91 Å². The molecule has 0 saturated carbocycles. The second-order valence-electron chi connectivity index (χ2n) is 3.42. The van der Waals surface area contributed by atoms with Crippen LogP contribution in [0.4, 0.5) is 5.82 Å². The fourth-order valence-electron chi connectivity index (χ4n) is 1.50. The first-order valence-corrected chi connectivity index (χ1v) is 6.58. The number of thioether (sulfide) groups is 1. The van der Waals surface area contributed by atoms with Crippen LogP contribution >= 0.6 is 11.8 Å². The first-order valence-electron chi connectivity index (χ1n) is 5.19. The molecule has 1 heterocycles. The largest absolute Gasteiger partial charge is 0.365 e. The van der Waals surface area contributed by atoms with Crippen LogP contribution < -0.4 is 10.6 Å². The third-order valence-electron chi connectivity index (χ3n) is 2.13. The number of hydrogen-bond acceptors (Lipinski definition) is 4. The minimum atomic E-state index is -0.426. The molecule has 0 fully saturated rings. The Balaban J connectivity index is 3.02. The van der Waals surface area contributed by atoms with Gasteiger partial charge >= 0.3 is 0 Å². The zero-order valence-corrected chi connectivity index (χ0v) is 10.5. The molecular weight excluding hydrogens is 222 g/mol. The van der Waals surface area contributed by atoms with Crippen molar-refractivity contribution in [1.82, 2.24) is 4.98 Å². The number of nitrogens with zero attached hydrogens (tertiary/aromatic N) is 2. The molecule has 0 saturated heterocycles. The van der Waals surface area contributed by atoms with Gasteiger partial charge in [0.05, 0.1) is 11.4 Å². The SMILES string of the molecule is CCCN(CSC)c1ncccc1C(N)=O. The Labute approximate surface area is 100 Å². The topological polar surface area (TPSA) is 59.2 Å². The maximum atomic E-state index is 11.3. The normalized spacial score (nSPS) is 10.1. The molecule has 1 amide bonds. The van der Waals surface area contributed by atoms with Crippen LogP contribution in [-0.4, -0.2) is 29.6 Å². The zero-order valence-electron chi connectivity index (χ0n) is 9.64. The Morgan fingerprint density at radius 3 is 2.94 bits per heavy atom. The summed E-state index contributed by atoms with van der Waals surface area (Å²) in [6, 6.07) is 3.44. The third kappa shape index (κ3) is 3.13. The Bertz CT molecular complexity index is 351. The van der Waals surface area contributed by atoms with Gasteiger partial charge in [-0.1, -0.05) is 6.92 Å². The van der Waals surface area contributed by atoms with Crippen molar-refractivity contribution < 1.29 is 4.79 Å². The van der Waals surface area contributed by atoms with Gasteiger partial charge in [0.2, 0.25) is 0 Å². The average Bonchev–Trinajstić information content (AvgIpc) is 2.29. The number of hydrogen-bond donors (Lipinski definition) is 1. The molecule has 0 spiro atoms. The molecule has 0 radical (unpaired) electrons. The van der Waals surface area contributed by atoms with Gasteiger partial charge in [-0.3, -0.25) is 4.79 Å². The van der Waals surface area contributed by atoms with Crippen LogP contribution in [0.5, 0.6) is 0 Å². The van der Waals surface area contributed by atoms with E-state index in [1.807, 2.05) is 6.26 Å². The molecule has 88 valence electrons. The highest BCUT2D eigenvalue weighted by atomic mass is 32.2. The van der Waals surface area contributed by atoms with Crippen molar-refractivity contribution in [3.05, 3.63) is 23.9 Å². The van der Waals surface area contributed by atoms with Crippen molar-refractivity contribution >= 4 is 23.5 Å². The van der Waals surface area contributed by atoms with Crippen LogP contribution in [0.25, 0.3) is 0 Å². The van der Waals surface area contributed by atoms with Gasteiger partial charge in [-0.25, -0.2) is 4.98 Å². The quantitative estimate of drug-likeness (QED) is 0.768. The highest BCUT2D eigenvalue weighted by Gasteiger charge is 2.14. The zero-order chi connectivity index (χ0) is 12.0. The van der Waals surface area contributed by atoms with Crippen molar-refractivity contribution in [2.75, 3.05) is 23.6 Å². The second-order valence-corrected chi connectivity index (χ2v) is 4.26. The number of carbonyl (C=O) groups excluding carboxylic acids is 1. The van der Waals surface area contributed by atoms with E-state index >= 15 is 0 Å². The van der Waals surface area contributed by atoms with Crippen LogP contribution in [-0.2, 0) is 0 Å². The lowest BCUT2D eigenvalue weighted by molar-refractivity contribution is 0.100. The summed E-state index contributed by atoms with van der Waals surface area (Å²) < 4.78 is 0. The van der Waals surface area contributed by atoms with E-state index in [1.54, 1.807) is 30.1 Å². The fraction of sp³-hybridized carbons (Fsp3) is 0.455. The van der Waals surface area contributed by atoms with E-state index in [0.29, 0.717) is 11.4 Å². The van der Waals surface area contributed by atoms with E-state index in [-0.39, 0.29) is 0 Å². The summed E-state index contributed by atoms with van der Waals surface area (Å²) in [6.45, 7) is 2.97. The van der Waals surface area contributed by atoms with Crippen LogP contribution in [0, 0.1) is 0 Å². The summed E-state index contributed by atoms with van der Waals surface area (Å²) in [5.74, 6) is 1.07. The first-order chi connectivity index (χ1) is 7.70. The molecule has 0 aliphatic carbocycles. The molecule has 2 N–H and O–H groups in total. The Morgan fingerprint density at radius 1 is 1.62 bits per heavy atom. The van der Waals surface area contributed by atoms with Gasteiger partial charge < -0.3 is 10.6 Å². The molecule has 5 heteroatoms. The Kier molecular flexibility index (Phi) is 5.11. The minimum absolute atomic E-state index is 0.426. The van der Waals surface area contributed by atoms with Crippen molar-refractivity contribution in [3.63, 3.8) is 0 Å². The number of amides is 1. The molecule has 1 aromatic heterocycles. The van der Waals surface area contributed by atoms with Gasteiger partial charge in [0.1, 0.15) is 5.82 Å². The predicted octanol–water partition coefficient (Wildman–Crippen LogP) is 1.72. The van der Waals surface area contributed by atoms with Gasteiger partial charge in [0, 0.05) is 12.7 Å². The van der Waals surface area contributed by atoms with Crippen molar-refractivity contribution in [3.8, 4) is 0 Å². The number of pyridine rings is 1. The van der Waals surface area contributed by atoms with E-state index in [4.69, 9.17) is 5.73 Å². The summed E-state index contributed by atoms with van der Waals surface area (Å²) in [5, 5.41) is 0. The maximum absolute atomic E-state index is 11.3. The van der Waals surface area contributed by atoms with Gasteiger partial charge in [-0.2, -0.15) is 0 Å². The number of anilines is 1. The van der Waals surface area contributed by atoms with E-state index in [0.717, 1.165) is 18.8 Å². The maximum Gasteiger partial charge on any atom is 0.252 e. The predicted molar refractivity (Wildman–Crippen MR) is 68.8 cm³/mol. The molecule has 1 aromatic rings. The molecular formula is C11H17N3OS. The summed E-state index contributed by atoms with van der Waals surface area (Å²) in [6.07, 6.45) is 4.72. The second kappa shape index (κ2) is 6.37. The lowest BCUT2D eigenvalue weighted by atomic mass is 10.2. The Morgan fingerprint density at radius 2 is 2.38 bits per heavy atom. The summed E-state index contributed by atoms with van der Waals surface area (Å²) in [4.78, 5) is 17.6. The van der Waals surface area contributed by atoms with E-state index in [2.05, 4.69) is 16.8 Å². The summed E-state index contributed by atoms with van der Waals surface area (Å²) in [7, 11) is 0. The van der Waals surface area contributed by atoms with Gasteiger partial charge in [0.15, 0.2) is 0 Å². The molecule has 4 nitrogen and oxygen atoms in total. The van der Waals surface area contributed by atoms with Crippen LogP contribution in [0.2, 0.25) is 0 Å². The fourth-order valence-corrected chi connectivity index (χ4v) is 2.06. The molecule has 0 unspecified atom stereocenters. The summed E-state index contributed by atoms with van der Waals surface area (Å²) in [5.41, 5.74) is 5.82. The smallest absolute Gasteiger partial charge is 0.252 e. The lowest BCUT2D eigenvalue weighted by Crippen LogP contribution is -2.27. The third-order valence-corrected chi connectivity index (χ3v) is 2.70. The van der Waals surface area contributed by atoms with E-state index in [9.17, 15) is 4.79 Å². The van der Waals surface area contributed by atoms with Crippen molar-refractivity contribution in [2.45, 2.75) is 13.3 Å². The molecule has 0 aliphatic rings. The van der Waals surface area contributed by atoms with Crippen molar-refractivity contribution in [2.24, 2.45) is 5.73 Å². The average molecular weight is 239 g/mol. The molecule has 0 aliphatic heterocycles. The van der Waals surface area contributed by atoms with E-state index in [1.165, 1.54) is 0 Å². The molecule has 0 atom stereocenters. The van der Waals surface area contributed by atoms with Crippen molar-refractivity contribution in [1.29, 1.82) is 0 Å². The number of primary amides is 1. The van der Waals surface area contributed by atoms with Crippen LogP contribution in [0.3, 0.4) is 0 Å². The standard InChI is InChI=1S/C11H17N3OS/c1-3-7-14(8-16-2)11-9(10(12)15)5-4-6-13-11/h4-6H,3,7-8H2,1-2H3,(H2,12,15). The molecule has 0 bridgehead atoms. The highest BCUT2D eigenvalue weighted by molar-refractivity contribution is 7.98. The molecule has 0 aromatic carbocycles. The minimum Gasteiger partial charge on any atom is -0.365 e. The van der Waals surface area contributed by atoms with Crippen LogP contribution in [0.1, 0.15) is 23.7 Å².